The Balaban J connectivity index is 1.95. The lowest BCUT2D eigenvalue weighted by atomic mass is 10.0. The van der Waals surface area contributed by atoms with E-state index in [1.165, 1.54) is 24.3 Å². The van der Waals surface area contributed by atoms with Crippen molar-refractivity contribution in [2.45, 2.75) is 25.6 Å². The van der Waals surface area contributed by atoms with Gasteiger partial charge < -0.3 is 9.47 Å². The SMILES string of the molecule is O=C(OCc1ccc(-c2ccc(COC(=O)C(F)(F)F)cc2)cc1)C(F)(F)F. The molecule has 0 N–H and O–H groups in total. The molecule has 2 rings (SSSR count). The molecule has 10 heteroatoms. The monoisotopic (exact) mass is 406 g/mol. The first-order valence-electron chi connectivity index (χ1n) is 7.63. The van der Waals surface area contributed by atoms with Crippen LogP contribution in [0, 0.1) is 0 Å². The minimum atomic E-state index is -5.06. The summed E-state index contributed by atoms with van der Waals surface area (Å²) in [6.07, 6.45) is -10.1. The van der Waals surface area contributed by atoms with E-state index in [2.05, 4.69) is 9.47 Å². The molecule has 0 fully saturated rings. The first-order valence-corrected chi connectivity index (χ1v) is 7.63. The summed E-state index contributed by atoms with van der Waals surface area (Å²) in [5, 5.41) is 0. The Hall–Kier alpha value is -3.04. The quantitative estimate of drug-likeness (QED) is 0.540. The Labute approximate surface area is 154 Å². The highest BCUT2D eigenvalue weighted by atomic mass is 19.4. The maximum Gasteiger partial charge on any atom is 0.490 e. The highest BCUT2D eigenvalue weighted by Gasteiger charge is 2.41. The van der Waals surface area contributed by atoms with Gasteiger partial charge in [-0.05, 0) is 22.3 Å². The molecule has 0 saturated heterocycles. The summed E-state index contributed by atoms with van der Waals surface area (Å²) in [5.41, 5.74) is 2.03. The van der Waals surface area contributed by atoms with Crippen LogP contribution in [0.15, 0.2) is 48.5 Å². The van der Waals surface area contributed by atoms with E-state index in [-0.39, 0.29) is 0 Å². The third-order valence-electron chi connectivity index (χ3n) is 3.44. The molecule has 0 atom stereocenters. The van der Waals surface area contributed by atoms with Gasteiger partial charge in [-0.15, -0.1) is 0 Å². The topological polar surface area (TPSA) is 52.6 Å². The molecule has 4 nitrogen and oxygen atoms in total. The number of esters is 2. The van der Waals surface area contributed by atoms with Gasteiger partial charge in [0.1, 0.15) is 13.2 Å². The van der Waals surface area contributed by atoms with Crippen LogP contribution in [0.4, 0.5) is 26.3 Å². The van der Waals surface area contributed by atoms with Crippen LogP contribution in [-0.2, 0) is 32.3 Å². The van der Waals surface area contributed by atoms with Gasteiger partial charge in [-0.1, -0.05) is 48.5 Å². The molecule has 0 aliphatic carbocycles. The van der Waals surface area contributed by atoms with Crippen molar-refractivity contribution in [3.05, 3.63) is 59.7 Å². The second-order valence-electron chi connectivity index (χ2n) is 5.54. The van der Waals surface area contributed by atoms with Crippen LogP contribution in [0.3, 0.4) is 0 Å². The summed E-state index contributed by atoms with van der Waals surface area (Å²) in [5.74, 6) is -4.56. The van der Waals surface area contributed by atoms with Gasteiger partial charge in [-0.3, -0.25) is 0 Å². The minimum Gasteiger partial charge on any atom is -0.454 e. The average molecular weight is 406 g/mol. The molecule has 0 bridgehead atoms. The zero-order valence-electron chi connectivity index (χ0n) is 13.9. The molecule has 0 spiro atoms. The van der Waals surface area contributed by atoms with E-state index in [1.807, 2.05) is 0 Å². The number of carbonyl (C=O) groups is 2. The van der Waals surface area contributed by atoms with Crippen LogP contribution in [0.1, 0.15) is 11.1 Å². The van der Waals surface area contributed by atoms with Crippen molar-refractivity contribution in [1.29, 1.82) is 0 Å². The van der Waals surface area contributed by atoms with Gasteiger partial charge in [-0.2, -0.15) is 26.3 Å². The van der Waals surface area contributed by atoms with E-state index in [0.717, 1.165) is 0 Å². The van der Waals surface area contributed by atoms with E-state index < -0.39 is 37.5 Å². The van der Waals surface area contributed by atoms with Crippen molar-refractivity contribution in [3.63, 3.8) is 0 Å². The van der Waals surface area contributed by atoms with E-state index in [9.17, 15) is 35.9 Å². The lowest BCUT2D eigenvalue weighted by Gasteiger charge is -2.09. The van der Waals surface area contributed by atoms with E-state index in [1.54, 1.807) is 24.3 Å². The number of benzene rings is 2. The van der Waals surface area contributed by atoms with Crippen LogP contribution < -0.4 is 0 Å². The molecule has 2 aromatic rings. The molecule has 0 amide bonds. The number of halogens is 6. The molecular weight excluding hydrogens is 394 g/mol. The van der Waals surface area contributed by atoms with Crippen molar-refractivity contribution in [1.82, 2.24) is 0 Å². The van der Waals surface area contributed by atoms with Gasteiger partial charge in [0.15, 0.2) is 0 Å². The maximum absolute atomic E-state index is 12.1. The fraction of sp³-hybridized carbons (Fsp3) is 0.222. The molecule has 150 valence electrons. The van der Waals surface area contributed by atoms with Crippen molar-refractivity contribution in [2.24, 2.45) is 0 Å². The Bertz CT molecular complexity index is 752. The summed E-state index contributed by atoms with van der Waals surface area (Å²) < 4.78 is 80.7. The number of hydrogen-bond acceptors (Lipinski definition) is 4. The molecule has 2 aromatic carbocycles. The van der Waals surface area contributed by atoms with Crippen molar-refractivity contribution in [2.75, 3.05) is 0 Å². The van der Waals surface area contributed by atoms with Gasteiger partial charge in [0, 0.05) is 0 Å². The van der Waals surface area contributed by atoms with Crippen LogP contribution in [-0.4, -0.2) is 24.3 Å². The highest BCUT2D eigenvalue weighted by molar-refractivity contribution is 5.76. The number of ether oxygens (including phenoxy) is 2. The predicted octanol–water partition coefficient (Wildman–Crippen LogP) is 4.56. The molecule has 0 saturated carbocycles. The number of rotatable bonds is 5. The minimum absolute atomic E-state index is 0.344. The molecule has 0 radical (unpaired) electrons. The molecule has 0 aromatic heterocycles. The first-order chi connectivity index (χ1) is 13.0. The number of hydrogen-bond donors (Lipinski definition) is 0. The zero-order chi connectivity index (χ0) is 20.9. The van der Waals surface area contributed by atoms with Gasteiger partial charge >= 0.3 is 24.3 Å². The Morgan fingerprint density at radius 2 is 0.893 bits per heavy atom. The molecule has 28 heavy (non-hydrogen) atoms. The van der Waals surface area contributed by atoms with Crippen molar-refractivity contribution < 1.29 is 45.4 Å². The average Bonchev–Trinajstić information content (AvgIpc) is 2.63. The van der Waals surface area contributed by atoms with Crippen molar-refractivity contribution in [3.8, 4) is 11.1 Å². The van der Waals surface area contributed by atoms with Gasteiger partial charge in [0.25, 0.3) is 0 Å². The van der Waals surface area contributed by atoms with Crippen molar-refractivity contribution >= 4 is 11.9 Å². The molecule has 0 aliphatic rings. The molecule has 0 unspecified atom stereocenters. The number of carbonyl (C=O) groups excluding carboxylic acids is 2. The normalized spacial score (nSPS) is 11.8. The Morgan fingerprint density at radius 1 is 0.607 bits per heavy atom. The van der Waals surface area contributed by atoms with E-state index >= 15 is 0 Å². The standard InChI is InChI=1S/C18H12F6O4/c19-17(20,21)15(25)27-9-11-1-5-13(6-2-11)14-7-3-12(4-8-14)10-28-16(26)18(22,23)24/h1-8H,9-10H2. The van der Waals surface area contributed by atoms with Crippen LogP contribution in [0.25, 0.3) is 11.1 Å². The third-order valence-corrected chi connectivity index (χ3v) is 3.44. The Kier molecular flexibility index (Phi) is 6.32. The fourth-order valence-electron chi connectivity index (χ4n) is 2.05. The number of alkyl halides is 6. The van der Waals surface area contributed by atoms with E-state index in [4.69, 9.17) is 0 Å². The smallest absolute Gasteiger partial charge is 0.454 e. The second kappa shape index (κ2) is 8.32. The lowest BCUT2D eigenvalue weighted by Crippen LogP contribution is -2.25. The van der Waals surface area contributed by atoms with Gasteiger partial charge in [-0.25, -0.2) is 9.59 Å². The van der Waals surface area contributed by atoms with Gasteiger partial charge in [0.2, 0.25) is 0 Å². The molecular formula is C18H12F6O4. The first kappa shape index (κ1) is 21.3. The predicted molar refractivity (Wildman–Crippen MR) is 83.6 cm³/mol. The summed E-state index contributed by atoms with van der Waals surface area (Å²) >= 11 is 0. The summed E-state index contributed by atoms with van der Waals surface area (Å²) in [4.78, 5) is 21.3. The van der Waals surface area contributed by atoms with Crippen LogP contribution in [0.2, 0.25) is 0 Å². The van der Waals surface area contributed by atoms with Crippen LogP contribution in [0.5, 0.6) is 0 Å². The fourth-order valence-corrected chi connectivity index (χ4v) is 2.05. The third kappa shape index (κ3) is 6.00. The zero-order valence-corrected chi connectivity index (χ0v) is 13.9. The summed E-state index contributed by atoms with van der Waals surface area (Å²) in [7, 11) is 0. The summed E-state index contributed by atoms with van der Waals surface area (Å²) in [6, 6.07) is 12.2. The molecule has 0 heterocycles. The van der Waals surface area contributed by atoms with E-state index in [0.29, 0.717) is 22.3 Å². The largest absolute Gasteiger partial charge is 0.490 e. The Morgan fingerprint density at radius 3 is 1.14 bits per heavy atom. The highest BCUT2D eigenvalue weighted by Crippen LogP contribution is 2.23. The van der Waals surface area contributed by atoms with Crippen LogP contribution >= 0.6 is 0 Å². The second-order valence-corrected chi connectivity index (χ2v) is 5.54. The lowest BCUT2D eigenvalue weighted by molar-refractivity contribution is -0.201. The molecule has 0 aliphatic heterocycles. The summed E-state index contributed by atoms with van der Waals surface area (Å²) in [6.45, 7) is -1.08. The maximum atomic E-state index is 12.1. The van der Waals surface area contributed by atoms with Gasteiger partial charge in [0.05, 0.1) is 0 Å².